The highest BCUT2D eigenvalue weighted by molar-refractivity contribution is 6.13. The summed E-state index contributed by atoms with van der Waals surface area (Å²) in [6.07, 6.45) is 0. The predicted molar refractivity (Wildman–Crippen MR) is 109 cm³/mol. The van der Waals surface area contributed by atoms with E-state index in [-0.39, 0.29) is 0 Å². The molecular formula is C24H25N. The Bertz CT molecular complexity index is 1060. The van der Waals surface area contributed by atoms with E-state index in [1.54, 1.807) is 0 Å². The molecule has 0 aliphatic heterocycles. The van der Waals surface area contributed by atoms with Crippen molar-refractivity contribution >= 4 is 21.8 Å². The van der Waals surface area contributed by atoms with Gasteiger partial charge >= 0.3 is 0 Å². The van der Waals surface area contributed by atoms with Crippen LogP contribution in [0.3, 0.4) is 0 Å². The zero-order valence-corrected chi connectivity index (χ0v) is 16.0. The van der Waals surface area contributed by atoms with Gasteiger partial charge in [0.2, 0.25) is 0 Å². The lowest BCUT2D eigenvalue weighted by atomic mass is 9.94. The lowest BCUT2D eigenvalue weighted by Gasteiger charge is -2.11. The molecule has 0 saturated heterocycles. The van der Waals surface area contributed by atoms with Crippen LogP contribution in [-0.4, -0.2) is 4.57 Å². The Morgan fingerprint density at radius 1 is 0.560 bits per heavy atom. The van der Waals surface area contributed by atoms with Gasteiger partial charge in [-0.25, -0.2) is 0 Å². The summed E-state index contributed by atoms with van der Waals surface area (Å²) in [6, 6.07) is 15.4. The summed E-state index contributed by atoms with van der Waals surface area (Å²) in [5, 5.41) is 2.81. The molecule has 1 heterocycles. The summed E-state index contributed by atoms with van der Waals surface area (Å²) in [5.74, 6) is 0. The maximum atomic E-state index is 2.43. The van der Waals surface area contributed by atoms with Gasteiger partial charge in [-0.3, -0.25) is 0 Å². The molecule has 4 aromatic rings. The van der Waals surface area contributed by atoms with Gasteiger partial charge in [0.05, 0.1) is 11.0 Å². The quantitative estimate of drug-likeness (QED) is 0.369. The minimum absolute atomic E-state index is 1.23. The molecular weight excluding hydrogens is 302 g/mol. The van der Waals surface area contributed by atoms with Crippen LogP contribution in [0.15, 0.2) is 42.5 Å². The SMILES string of the molecule is Cc1cc2c(c(C)c1C)c1c(C)c(C)c(C)cc1n2-c1ccccc1. The molecule has 25 heavy (non-hydrogen) atoms. The molecule has 3 aromatic carbocycles. The van der Waals surface area contributed by atoms with Crippen LogP contribution in [-0.2, 0) is 0 Å². The monoisotopic (exact) mass is 327 g/mol. The van der Waals surface area contributed by atoms with Crippen molar-refractivity contribution in [1.29, 1.82) is 0 Å². The topological polar surface area (TPSA) is 4.93 Å². The summed E-state index contributed by atoms with van der Waals surface area (Å²) in [5.41, 5.74) is 12.2. The second-order valence-electron chi connectivity index (χ2n) is 7.35. The number of aromatic nitrogens is 1. The molecule has 0 bridgehead atoms. The number of para-hydroxylation sites is 1. The standard InChI is InChI=1S/C24H25N/c1-14-12-21-23(18(5)16(14)3)24-19(6)17(4)15(2)13-22(24)25(21)20-10-8-7-9-11-20/h7-13H,1-6H3. The van der Waals surface area contributed by atoms with Gasteiger partial charge in [-0.1, -0.05) is 18.2 Å². The first-order valence-electron chi connectivity index (χ1n) is 8.99. The first-order valence-corrected chi connectivity index (χ1v) is 8.99. The maximum Gasteiger partial charge on any atom is 0.0546 e. The average Bonchev–Trinajstić information content (AvgIpc) is 2.92. The van der Waals surface area contributed by atoms with Crippen LogP contribution in [0, 0.1) is 41.5 Å². The first kappa shape index (κ1) is 16.0. The highest BCUT2D eigenvalue weighted by Crippen LogP contribution is 2.39. The maximum absolute atomic E-state index is 2.43. The highest BCUT2D eigenvalue weighted by Gasteiger charge is 2.19. The lowest BCUT2D eigenvalue weighted by Crippen LogP contribution is -1.96. The van der Waals surface area contributed by atoms with Gasteiger partial charge in [0.25, 0.3) is 0 Å². The Morgan fingerprint density at radius 2 is 1.00 bits per heavy atom. The van der Waals surface area contributed by atoms with Gasteiger partial charge in [0.15, 0.2) is 0 Å². The smallest absolute Gasteiger partial charge is 0.0546 e. The third-order valence-electron chi connectivity index (χ3n) is 6.02. The van der Waals surface area contributed by atoms with Crippen molar-refractivity contribution < 1.29 is 0 Å². The van der Waals surface area contributed by atoms with Gasteiger partial charge in [-0.15, -0.1) is 0 Å². The van der Waals surface area contributed by atoms with Crippen LogP contribution in [0.2, 0.25) is 0 Å². The normalized spacial score (nSPS) is 11.6. The summed E-state index contributed by atoms with van der Waals surface area (Å²) < 4.78 is 2.43. The van der Waals surface area contributed by atoms with Crippen molar-refractivity contribution in [3.8, 4) is 5.69 Å². The third-order valence-corrected chi connectivity index (χ3v) is 6.02. The number of fused-ring (bicyclic) bond motifs is 3. The first-order chi connectivity index (χ1) is 11.9. The number of rotatable bonds is 1. The molecule has 0 spiro atoms. The van der Waals surface area contributed by atoms with Crippen LogP contribution in [0.5, 0.6) is 0 Å². The van der Waals surface area contributed by atoms with Crippen molar-refractivity contribution in [3.05, 3.63) is 75.8 Å². The second-order valence-corrected chi connectivity index (χ2v) is 7.35. The van der Waals surface area contributed by atoms with Gasteiger partial charge < -0.3 is 4.57 Å². The molecule has 0 saturated carbocycles. The van der Waals surface area contributed by atoms with Crippen molar-refractivity contribution in [2.75, 3.05) is 0 Å². The minimum atomic E-state index is 1.23. The highest BCUT2D eigenvalue weighted by atomic mass is 15.0. The van der Waals surface area contributed by atoms with E-state index < -0.39 is 0 Å². The summed E-state index contributed by atoms with van der Waals surface area (Å²) in [7, 11) is 0. The molecule has 1 heteroatoms. The van der Waals surface area contributed by atoms with E-state index in [1.807, 2.05) is 0 Å². The Labute approximate surface area is 149 Å². The van der Waals surface area contributed by atoms with Crippen LogP contribution in [0.1, 0.15) is 33.4 Å². The van der Waals surface area contributed by atoms with E-state index in [0.717, 1.165) is 0 Å². The molecule has 0 N–H and O–H groups in total. The largest absolute Gasteiger partial charge is 0.309 e. The van der Waals surface area contributed by atoms with E-state index >= 15 is 0 Å². The zero-order chi connectivity index (χ0) is 17.9. The third kappa shape index (κ3) is 2.15. The van der Waals surface area contributed by atoms with Crippen molar-refractivity contribution in [2.45, 2.75) is 41.5 Å². The zero-order valence-electron chi connectivity index (χ0n) is 16.0. The Hall–Kier alpha value is -2.54. The summed E-state index contributed by atoms with van der Waals surface area (Å²) >= 11 is 0. The molecule has 0 aliphatic rings. The molecule has 0 atom stereocenters. The molecule has 0 fully saturated rings. The number of nitrogens with zero attached hydrogens (tertiary/aromatic N) is 1. The number of benzene rings is 3. The summed E-state index contributed by atoms with van der Waals surface area (Å²) in [6.45, 7) is 13.5. The minimum Gasteiger partial charge on any atom is -0.309 e. The molecule has 0 aliphatic carbocycles. The van der Waals surface area contributed by atoms with Crippen LogP contribution in [0.4, 0.5) is 0 Å². The van der Waals surface area contributed by atoms with Crippen LogP contribution in [0.25, 0.3) is 27.5 Å². The van der Waals surface area contributed by atoms with Gasteiger partial charge in [0, 0.05) is 16.5 Å². The van der Waals surface area contributed by atoms with Gasteiger partial charge in [-0.2, -0.15) is 0 Å². The van der Waals surface area contributed by atoms with E-state index in [2.05, 4.69) is 88.6 Å². The second kappa shape index (κ2) is 5.49. The van der Waals surface area contributed by atoms with Gasteiger partial charge in [-0.05, 0) is 99.2 Å². The van der Waals surface area contributed by atoms with E-state index in [1.165, 1.54) is 60.9 Å². The van der Waals surface area contributed by atoms with Crippen molar-refractivity contribution in [3.63, 3.8) is 0 Å². The fraction of sp³-hybridized carbons (Fsp3) is 0.250. The Kier molecular flexibility index (Phi) is 3.50. The Morgan fingerprint density at radius 3 is 1.44 bits per heavy atom. The number of hydrogen-bond acceptors (Lipinski definition) is 0. The fourth-order valence-electron chi connectivity index (χ4n) is 4.09. The van der Waals surface area contributed by atoms with E-state index in [9.17, 15) is 0 Å². The van der Waals surface area contributed by atoms with Crippen molar-refractivity contribution in [1.82, 2.24) is 4.57 Å². The van der Waals surface area contributed by atoms with Gasteiger partial charge in [0.1, 0.15) is 0 Å². The summed E-state index contributed by atoms with van der Waals surface area (Å²) in [4.78, 5) is 0. The molecule has 0 radical (unpaired) electrons. The molecule has 0 unspecified atom stereocenters. The molecule has 126 valence electrons. The predicted octanol–water partition coefficient (Wildman–Crippen LogP) is 6.63. The van der Waals surface area contributed by atoms with Crippen LogP contribution < -0.4 is 0 Å². The fourth-order valence-corrected chi connectivity index (χ4v) is 4.09. The lowest BCUT2D eigenvalue weighted by molar-refractivity contribution is 1.16. The van der Waals surface area contributed by atoms with Crippen LogP contribution >= 0.6 is 0 Å². The molecule has 0 amide bonds. The molecule has 4 rings (SSSR count). The van der Waals surface area contributed by atoms with E-state index in [4.69, 9.17) is 0 Å². The number of hydrogen-bond donors (Lipinski definition) is 0. The van der Waals surface area contributed by atoms with E-state index in [0.29, 0.717) is 0 Å². The van der Waals surface area contributed by atoms with Crippen molar-refractivity contribution in [2.24, 2.45) is 0 Å². The Balaban J connectivity index is 2.35. The number of aryl methyl sites for hydroxylation is 4. The average molecular weight is 327 g/mol. The molecule has 1 nitrogen and oxygen atoms in total. The molecule has 1 aromatic heterocycles.